The van der Waals surface area contributed by atoms with Crippen LogP contribution in [0, 0.1) is 0 Å². The summed E-state index contributed by atoms with van der Waals surface area (Å²) in [6.45, 7) is 5.37. The Labute approximate surface area is 103 Å². The SMILES string of the molecule is CCC1COC(C)CN1C1CS(=O)(=O)CC1O. The summed E-state index contributed by atoms with van der Waals surface area (Å²) in [4.78, 5) is 2.13. The molecule has 5 nitrogen and oxygen atoms in total. The first-order valence-electron chi connectivity index (χ1n) is 6.18. The molecule has 0 radical (unpaired) electrons. The second-order valence-corrected chi connectivity index (χ2v) is 7.27. The molecule has 6 heteroatoms. The smallest absolute Gasteiger partial charge is 0.154 e. The summed E-state index contributed by atoms with van der Waals surface area (Å²) in [5, 5.41) is 9.91. The molecule has 100 valence electrons. The van der Waals surface area contributed by atoms with Crippen molar-refractivity contribution in [3.63, 3.8) is 0 Å². The number of ether oxygens (including phenoxy) is 1. The molecule has 2 fully saturated rings. The molecule has 0 aromatic heterocycles. The topological polar surface area (TPSA) is 66.8 Å². The van der Waals surface area contributed by atoms with Crippen molar-refractivity contribution >= 4 is 9.84 Å². The molecule has 17 heavy (non-hydrogen) atoms. The van der Waals surface area contributed by atoms with Crippen molar-refractivity contribution in [3.8, 4) is 0 Å². The summed E-state index contributed by atoms with van der Waals surface area (Å²) < 4.78 is 28.7. The van der Waals surface area contributed by atoms with Gasteiger partial charge in [0.1, 0.15) is 0 Å². The molecule has 0 bridgehead atoms. The van der Waals surface area contributed by atoms with Crippen molar-refractivity contribution in [1.82, 2.24) is 4.90 Å². The summed E-state index contributed by atoms with van der Waals surface area (Å²) in [6, 6.07) is -0.0320. The van der Waals surface area contributed by atoms with Crippen LogP contribution in [0.5, 0.6) is 0 Å². The average molecular weight is 263 g/mol. The van der Waals surface area contributed by atoms with Crippen molar-refractivity contribution < 1.29 is 18.3 Å². The molecule has 0 spiro atoms. The third kappa shape index (κ3) is 2.81. The number of nitrogens with zero attached hydrogens (tertiary/aromatic N) is 1. The second-order valence-electron chi connectivity index (χ2n) is 5.11. The van der Waals surface area contributed by atoms with Crippen LogP contribution < -0.4 is 0 Å². The van der Waals surface area contributed by atoms with Gasteiger partial charge in [-0.2, -0.15) is 0 Å². The third-order valence-electron chi connectivity index (χ3n) is 3.70. The lowest BCUT2D eigenvalue weighted by molar-refractivity contribution is -0.0834. The number of sulfone groups is 1. The summed E-state index contributed by atoms with van der Waals surface area (Å²) in [5.74, 6) is -0.0166. The monoisotopic (exact) mass is 263 g/mol. The minimum absolute atomic E-state index is 0.0807. The van der Waals surface area contributed by atoms with Crippen LogP contribution >= 0.6 is 0 Å². The lowest BCUT2D eigenvalue weighted by Gasteiger charge is -2.42. The van der Waals surface area contributed by atoms with E-state index < -0.39 is 15.9 Å². The zero-order valence-electron chi connectivity index (χ0n) is 10.4. The zero-order chi connectivity index (χ0) is 12.6. The van der Waals surface area contributed by atoms with Crippen molar-refractivity contribution in [2.45, 2.75) is 44.6 Å². The van der Waals surface area contributed by atoms with E-state index in [-0.39, 0.29) is 29.7 Å². The van der Waals surface area contributed by atoms with E-state index >= 15 is 0 Å². The molecule has 4 atom stereocenters. The maximum atomic E-state index is 11.6. The normalized spacial score (nSPS) is 42.8. The molecule has 2 saturated heterocycles. The maximum absolute atomic E-state index is 11.6. The van der Waals surface area contributed by atoms with E-state index in [9.17, 15) is 13.5 Å². The van der Waals surface area contributed by atoms with Crippen LogP contribution in [-0.2, 0) is 14.6 Å². The summed E-state index contributed by atoms with van der Waals surface area (Å²) >= 11 is 0. The highest BCUT2D eigenvalue weighted by Crippen LogP contribution is 2.25. The van der Waals surface area contributed by atoms with Crippen LogP contribution in [0.4, 0.5) is 0 Å². The standard InChI is InChI=1S/C11H21NO4S/c1-3-9-5-16-8(2)4-12(9)10-6-17(14,15)7-11(10)13/h8-11,13H,3-7H2,1-2H3. The van der Waals surface area contributed by atoms with Gasteiger partial charge in [0.05, 0.1) is 36.4 Å². The van der Waals surface area contributed by atoms with Crippen LogP contribution in [-0.4, -0.2) is 67.4 Å². The third-order valence-corrected chi connectivity index (χ3v) is 5.40. The number of hydrogen-bond acceptors (Lipinski definition) is 5. The molecule has 0 aliphatic carbocycles. The van der Waals surface area contributed by atoms with Gasteiger partial charge in [0.15, 0.2) is 9.84 Å². The van der Waals surface area contributed by atoms with E-state index in [2.05, 4.69) is 11.8 Å². The highest BCUT2D eigenvalue weighted by Gasteiger charge is 2.43. The molecule has 0 aromatic carbocycles. The lowest BCUT2D eigenvalue weighted by Crippen LogP contribution is -2.56. The molecule has 2 aliphatic rings. The van der Waals surface area contributed by atoms with Crippen LogP contribution in [0.1, 0.15) is 20.3 Å². The molecule has 2 rings (SSSR count). The largest absolute Gasteiger partial charge is 0.390 e. The van der Waals surface area contributed by atoms with Crippen molar-refractivity contribution in [3.05, 3.63) is 0 Å². The Bertz CT molecular complexity index is 370. The Morgan fingerprint density at radius 3 is 2.65 bits per heavy atom. The predicted octanol–water partition coefficient (Wildman–Crippen LogP) is -0.356. The van der Waals surface area contributed by atoms with Gasteiger partial charge in [-0.1, -0.05) is 6.92 Å². The van der Waals surface area contributed by atoms with E-state index in [0.29, 0.717) is 13.2 Å². The molecule has 0 amide bonds. The molecule has 0 aromatic rings. The number of morpholine rings is 1. The molecule has 2 heterocycles. The predicted molar refractivity (Wildman–Crippen MR) is 64.6 cm³/mol. The maximum Gasteiger partial charge on any atom is 0.154 e. The first-order chi connectivity index (χ1) is 7.93. The molecular weight excluding hydrogens is 242 g/mol. The number of aliphatic hydroxyl groups excluding tert-OH is 1. The second kappa shape index (κ2) is 4.84. The van der Waals surface area contributed by atoms with Gasteiger partial charge in [-0.25, -0.2) is 8.42 Å². The molecule has 4 unspecified atom stereocenters. The molecule has 2 aliphatic heterocycles. The Balaban J connectivity index is 2.14. The van der Waals surface area contributed by atoms with Gasteiger partial charge < -0.3 is 9.84 Å². The number of aliphatic hydroxyl groups is 1. The Morgan fingerprint density at radius 1 is 1.41 bits per heavy atom. The zero-order valence-corrected chi connectivity index (χ0v) is 11.2. The lowest BCUT2D eigenvalue weighted by atomic mass is 10.1. The van der Waals surface area contributed by atoms with Gasteiger partial charge in [0.2, 0.25) is 0 Å². The van der Waals surface area contributed by atoms with Gasteiger partial charge in [0, 0.05) is 12.6 Å². The van der Waals surface area contributed by atoms with E-state index in [1.165, 1.54) is 0 Å². The first-order valence-corrected chi connectivity index (χ1v) is 8.01. The van der Waals surface area contributed by atoms with Crippen molar-refractivity contribution in [1.29, 1.82) is 0 Å². The molecule has 1 N–H and O–H groups in total. The fraction of sp³-hybridized carbons (Fsp3) is 1.00. The highest BCUT2D eigenvalue weighted by atomic mass is 32.2. The fourth-order valence-corrected chi connectivity index (χ4v) is 4.57. The summed E-state index contributed by atoms with van der Waals surface area (Å²) in [5.41, 5.74) is 0. The Hall–Kier alpha value is -0.170. The van der Waals surface area contributed by atoms with E-state index in [1.54, 1.807) is 0 Å². The van der Waals surface area contributed by atoms with Gasteiger partial charge in [0.25, 0.3) is 0 Å². The summed E-state index contributed by atoms with van der Waals surface area (Å²) in [6.07, 6.45) is 0.267. The fourth-order valence-electron chi connectivity index (χ4n) is 2.76. The minimum atomic E-state index is -3.08. The quantitative estimate of drug-likeness (QED) is 0.737. The van der Waals surface area contributed by atoms with E-state index in [1.807, 2.05) is 6.92 Å². The van der Waals surface area contributed by atoms with Crippen molar-refractivity contribution in [2.24, 2.45) is 0 Å². The van der Waals surface area contributed by atoms with E-state index in [4.69, 9.17) is 4.74 Å². The molecule has 0 saturated carbocycles. The van der Waals surface area contributed by atoms with Gasteiger partial charge in [-0.3, -0.25) is 4.90 Å². The van der Waals surface area contributed by atoms with Crippen LogP contribution in [0.2, 0.25) is 0 Å². The van der Waals surface area contributed by atoms with E-state index in [0.717, 1.165) is 6.42 Å². The Kier molecular flexibility index (Phi) is 3.77. The molecular formula is C11H21NO4S. The van der Waals surface area contributed by atoms with Crippen molar-refractivity contribution in [2.75, 3.05) is 24.7 Å². The van der Waals surface area contributed by atoms with Gasteiger partial charge in [-0.15, -0.1) is 0 Å². The number of hydrogen-bond donors (Lipinski definition) is 1. The first kappa shape index (κ1) is 13.3. The van der Waals surface area contributed by atoms with Crippen LogP contribution in [0.15, 0.2) is 0 Å². The Morgan fingerprint density at radius 2 is 2.12 bits per heavy atom. The van der Waals surface area contributed by atoms with Gasteiger partial charge in [-0.05, 0) is 13.3 Å². The summed E-state index contributed by atoms with van der Waals surface area (Å²) in [7, 11) is -3.08. The highest BCUT2D eigenvalue weighted by molar-refractivity contribution is 7.91. The van der Waals surface area contributed by atoms with Gasteiger partial charge >= 0.3 is 0 Å². The average Bonchev–Trinajstić information content (AvgIpc) is 2.52. The minimum Gasteiger partial charge on any atom is -0.390 e. The number of rotatable bonds is 2. The van der Waals surface area contributed by atoms with Crippen LogP contribution in [0.25, 0.3) is 0 Å². The van der Waals surface area contributed by atoms with Crippen LogP contribution in [0.3, 0.4) is 0 Å².